The van der Waals surface area contributed by atoms with E-state index in [2.05, 4.69) is 5.32 Å². The number of anilines is 1. The van der Waals surface area contributed by atoms with E-state index in [1.807, 2.05) is 0 Å². The fourth-order valence-corrected chi connectivity index (χ4v) is 1.90. The molecule has 0 heterocycles. The number of carbonyl (C=O) groups excluding carboxylic acids is 1. The van der Waals surface area contributed by atoms with E-state index in [1.54, 1.807) is 24.3 Å². The molecule has 0 spiro atoms. The fourth-order valence-electron chi connectivity index (χ4n) is 1.90. The van der Waals surface area contributed by atoms with Gasteiger partial charge >= 0.3 is 6.18 Å². The van der Waals surface area contributed by atoms with Crippen LogP contribution in [-0.2, 0) is 11.0 Å². The van der Waals surface area contributed by atoms with Crippen LogP contribution in [0.4, 0.5) is 18.9 Å². The van der Waals surface area contributed by atoms with E-state index in [0.717, 1.165) is 11.6 Å². The summed E-state index contributed by atoms with van der Waals surface area (Å²) in [5.41, 5.74) is -0.430. The van der Waals surface area contributed by atoms with Gasteiger partial charge in [-0.05, 0) is 35.9 Å². The van der Waals surface area contributed by atoms with Crippen LogP contribution in [-0.4, -0.2) is 13.0 Å². The number of methoxy groups -OCH3 is 1. The molecule has 0 fully saturated rings. The molecule has 0 saturated carbocycles. The molecule has 2 rings (SSSR count). The molecule has 2 aromatic rings. The Bertz CT molecular complexity index is 707. The van der Waals surface area contributed by atoms with Crippen molar-refractivity contribution in [2.75, 3.05) is 12.4 Å². The van der Waals surface area contributed by atoms with Crippen molar-refractivity contribution < 1.29 is 22.7 Å². The average Bonchev–Trinajstić information content (AvgIpc) is 2.53. The summed E-state index contributed by atoms with van der Waals surface area (Å²) in [6, 6.07) is 11.7. The minimum Gasteiger partial charge on any atom is -0.497 e. The van der Waals surface area contributed by atoms with Gasteiger partial charge in [0.25, 0.3) is 0 Å². The van der Waals surface area contributed by atoms with E-state index in [1.165, 1.54) is 37.5 Å². The zero-order valence-corrected chi connectivity index (χ0v) is 12.2. The summed E-state index contributed by atoms with van der Waals surface area (Å²) in [7, 11) is 1.54. The van der Waals surface area contributed by atoms with Crippen molar-refractivity contribution in [2.24, 2.45) is 0 Å². The van der Waals surface area contributed by atoms with Crippen LogP contribution in [0.15, 0.2) is 54.6 Å². The average molecular weight is 321 g/mol. The Hall–Kier alpha value is -2.76. The van der Waals surface area contributed by atoms with Gasteiger partial charge in [0.15, 0.2) is 0 Å². The first-order valence-electron chi connectivity index (χ1n) is 6.69. The minimum absolute atomic E-state index is 0.274. The highest BCUT2D eigenvalue weighted by atomic mass is 19.4. The summed E-state index contributed by atoms with van der Waals surface area (Å²) >= 11 is 0. The van der Waals surface area contributed by atoms with Crippen molar-refractivity contribution in [1.82, 2.24) is 0 Å². The molecule has 0 aliphatic heterocycles. The Balaban J connectivity index is 2.09. The molecule has 2 aromatic carbocycles. The quantitative estimate of drug-likeness (QED) is 0.850. The lowest BCUT2D eigenvalue weighted by atomic mass is 10.1. The van der Waals surface area contributed by atoms with Crippen molar-refractivity contribution >= 4 is 17.7 Å². The highest BCUT2D eigenvalue weighted by molar-refractivity contribution is 6.02. The molecular formula is C17H14F3NO2. The molecule has 6 heteroatoms. The van der Waals surface area contributed by atoms with E-state index in [0.29, 0.717) is 5.75 Å². The number of hydrogen-bond acceptors (Lipinski definition) is 2. The molecule has 0 radical (unpaired) electrons. The Morgan fingerprint density at radius 3 is 2.35 bits per heavy atom. The van der Waals surface area contributed by atoms with Gasteiger partial charge in [0.2, 0.25) is 5.91 Å². The van der Waals surface area contributed by atoms with Crippen LogP contribution >= 0.6 is 0 Å². The maximum Gasteiger partial charge on any atom is 0.418 e. The Labute approximate surface area is 131 Å². The van der Waals surface area contributed by atoms with Crippen molar-refractivity contribution in [3.8, 4) is 5.75 Å². The summed E-state index contributed by atoms with van der Waals surface area (Å²) in [5, 5.41) is 2.24. The molecule has 0 atom stereocenters. The molecule has 3 nitrogen and oxygen atoms in total. The predicted octanol–water partition coefficient (Wildman–Crippen LogP) is 4.37. The Morgan fingerprint density at radius 1 is 1.09 bits per heavy atom. The van der Waals surface area contributed by atoms with E-state index in [-0.39, 0.29) is 5.69 Å². The zero-order chi connectivity index (χ0) is 16.9. The van der Waals surface area contributed by atoms with Gasteiger partial charge in [-0.15, -0.1) is 0 Å². The largest absolute Gasteiger partial charge is 0.497 e. The molecule has 0 unspecified atom stereocenters. The van der Waals surface area contributed by atoms with Gasteiger partial charge in [-0.25, -0.2) is 0 Å². The summed E-state index contributed by atoms with van der Waals surface area (Å²) in [4.78, 5) is 11.8. The topological polar surface area (TPSA) is 38.3 Å². The molecule has 0 aliphatic rings. The lowest BCUT2D eigenvalue weighted by molar-refractivity contribution is -0.136. The third kappa shape index (κ3) is 4.60. The summed E-state index contributed by atoms with van der Waals surface area (Å²) in [6.45, 7) is 0. The van der Waals surface area contributed by atoms with Gasteiger partial charge in [-0.2, -0.15) is 13.2 Å². The van der Waals surface area contributed by atoms with Crippen molar-refractivity contribution in [3.63, 3.8) is 0 Å². The van der Waals surface area contributed by atoms with E-state index in [4.69, 9.17) is 4.74 Å². The first kappa shape index (κ1) is 16.6. The number of benzene rings is 2. The first-order chi connectivity index (χ1) is 10.9. The molecule has 23 heavy (non-hydrogen) atoms. The number of para-hydroxylation sites is 1. The van der Waals surface area contributed by atoms with Crippen molar-refractivity contribution in [1.29, 1.82) is 0 Å². The number of halogens is 3. The number of nitrogens with one attached hydrogen (secondary N) is 1. The van der Waals surface area contributed by atoms with Crippen LogP contribution in [0.3, 0.4) is 0 Å². The molecule has 1 N–H and O–H groups in total. The van der Waals surface area contributed by atoms with Crippen LogP contribution < -0.4 is 10.1 Å². The van der Waals surface area contributed by atoms with E-state index >= 15 is 0 Å². The number of ether oxygens (including phenoxy) is 1. The van der Waals surface area contributed by atoms with Gasteiger partial charge < -0.3 is 10.1 Å². The Kier molecular flexibility index (Phi) is 5.05. The summed E-state index contributed by atoms with van der Waals surface area (Å²) in [6.07, 6.45) is -1.84. The molecule has 0 bridgehead atoms. The number of rotatable bonds is 4. The van der Waals surface area contributed by atoms with E-state index < -0.39 is 17.6 Å². The standard InChI is InChI=1S/C17H14F3NO2/c1-23-13-9-6-12(7-10-13)8-11-16(22)21-15-5-3-2-4-14(15)17(18,19)20/h2-11H,1H3,(H,21,22)/b11-8+. The molecule has 0 aromatic heterocycles. The second kappa shape index (κ2) is 7.00. The fraction of sp³-hybridized carbons (Fsp3) is 0.118. The maximum absolute atomic E-state index is 12.8. The van der Waals surface area contributed by atoms with Crippen LogP contribution in [0.25, 0.3) is 6.08 Å². The van der Waals surface area contributed by atoms with Gasteiger partial charge in [0, 0.05) is 6.08 Å². The van der Waals surface area contributed by atoms with Gasteiger partial charge in [-0.1, -0.05) is 24.3 Å². The normalized spacial score (nSPS) is 11.5. The third-order valence-electron chi connectivity index (χ3n) is 3.03. The minimum atomic E-state index is -4.52. The highest BCUT2D eigenvalue weighted by Crippen LogP contribution is 2.34. The number of amides is 1. The first-order valence-corrected chi connectivity index (χ1v) is 6.69. The van der Waals surface area contributed by atoms with Gasteiger partial charge in [0.1, 0.15) is 5.75 Å². The second-order valence-electron chi connectivity index (χ2n) is 4.64. The summed E-state index contributed by atoms with van der Waals surface area (Å²) < 4.78 is 43.5. The zero-order valence-electron chi connectivity index (χ0n) is 12.2. The molecule has 120 valence electrons. The van der Waals surface area contributed by atoms with E-state index in [9.17, 15) is 18.0 Å². The predicted molar refractivity (Wildman–Crippen MR) is 82.1 cm³/mol. The Morgan fingerprint density at radius 2 is 1.74 bits per heavy atom. The van der Waals surface area contributed by atoms with Gasteiger partial charge in [0.05, 0.1) is 18.4 Å². The van der Waals surface area contributed by atoms with Crippen LogP contribution in [0, 0.1) is 0 Å². The number of carbonyl (C=O) groups is 1. The van der Waals surface area contributed by atoms with Crippen molar-refractivity contribution in [2.45, 2.75) is 6.18 Å². The molecule has 0 saturated heterocycles. The van der Waals surface area contributed by atoms with Crippen molar-refractivity contribution in [3.05, 3.63) is 65.7 Å². The van der Waals surface area contributed by atoms with Crippen LogP contribution in [0.1, 0.15) is 11.1 Å². The number of hydrogen-bond donors (Lipinski definition) is 1. The second-order valence-corrected chi connectivity index (χ2v) is 4.64. The van der Waals surface area contributed by atoms with Gasteiger partial charge in [-0.3, -0.25) is 4.79 Å². The SMILES string of the molecule is COc1ccc(/C=C/C(=O)Nc2ccccc2C(F)(F)F)cc1. The third-order valence-corrected chi connectivity index (χ3v) is 3.03. The molecule has 0 aliphatic carbocycles. The summed E-state index contributed by atoms with van der Waals surface area (Å²) in [5.74, 6) is 0.0308. The smallest absolute Gasteiger partial charge is 0.418 e. The molecular weight excluding hydrogens is 307 g/mol. The van der Waals surface area contributed by atoms with Crippen LogP contribution in [0.5, 0.6) is 5.75 Å². The highest BCUT2D eigenvalue weighted by Gasteiger charge is 2.33. The lowest BCUT2D eigenvalue weighted by Gasteiger charge is -2.12. The molecule has 1 amide bonds. The number of alkyl halides is 3. The maximum atomic E-state index is 12.8. The van der Waals surface area contributed by atoms with Crippen LogP contribution in [0.2, 0.25) is 0 Å². The monoisotopic (exact) mass is 321 g/mol. The lowest BCUT2D eigenvalue weighted by Crippen LogP contribution is -2.14.